The molecule has 2 heteroatoms. The highest BCUT2D eigenvalue weighted by Crippen LogP contribution is 2.20. The predicted molar refractivity (Wildman–Crippen MR) is 75.0 cm³/mol. The largest absolute Gasteiger partial charge is 0.299 e. The van der Waals surface area contributed by atoms with Crippen molar-refractivity contribution in [3.8, 4) is 0 Å². The van der Waals surface area contributed by atoms with Crippen molar-refractivity contribution in [1.29, 1.82) is 0 Å². The molecule has 96 valence electrons. The molecule has 0 radical (unpaired) electrons. The highest BCUT2D eigenvalue weighted by molar-refractivity contribution is 6.07. The number of ketones is 2. The summed E-state index contributed by atoms with van der Waals surface area (Å²) < 4.78 is 0. The van der Waals surface area contributed by atoms with E-state index in [4.69, 9.17) is 0 Å². The average Bonchev–Trinajstić information content (AvgIpc) is 2.40. The molecule has 1 unspecified atom stereocenters. The third-order valence-corrected chi connectivity index (χ3v) is 3.08. The molecule has 0 amide bonds. The van der Waals surface area contributed by atoms with Crippen molar-refractivity contribution in [2.45, 2.75) is 19.3 Å². The van der Waals surface area contributed by atoms with E-state index in [1.54, 1.807) is 0 Å². The number of rotatable bonds is 5. The zero-order chi connectivity index (χ0) is 13.7. The van der Waals surface area contributed by atoms with E-state index in [9.17, 15) is 9.59 Å². The molecule has 0 fully saturated rings. The first-order valence-electron chi connectivity index (χ1n) is 6.30. The molecule has 0 saturated carbocycles. The van der Waals surface area contributed by atoms with E-state index in [-0.39, 0.29) is 11.6 Å². The van der Waals surface area contributed by atoms with Crippen molar-refractivity contribution < 1.29 is 9.59 Å². The molecular formula is C17H16O2. The Bertz CT molecular complexity index is 558. The van der Waals surface area contributed by atoms with Gasteiger partial charge in [0.2, 0.25) is 0 Å². The van der Waals surface area contributed by atoms with Crippen LogP contribution in [0.15, 0.2) is 60.7 Å². The Labute approximate surface area is 113 Å². The van der Waals surface area contributed by atoms with Gasteiger partial charge in [-0.1, -0.05) is 60.7 Å². The standard InChI is InChI=1S/C17H16O2/c1-13(18)17(15-10-6-3-7-11-15)16(19)12-14-8-4-2-5-9-14/h2-11,17H,12H2,1H3. The summed E-state index contributed by atoms with van der Waals surface area (Å²) in [6.07, 6.45) is 0.292. The summed E-state index contributed by atoms with van der Waals surface area (Å²) in [5.74, 6) is -0.807. The Kier molecular flexibility index (Phi) is 4.24. The first kappa shape index (κ1) is 13.2. The molecule has 2 rings (SSSR count). The van der Waals surface area contributed by atoms with Crippen LogP contribution in [0.4, 0.5) is 0 Å². The lowest BCUT2D eigenvalue weighted by atomic mass is 9.88. The molecule has 0 saturated heterocycles. The molecule has 0 aliphatic heterocycles. The monoisotopic (exact) mass is 252 g/mol. The lowest BCUT2D eigenvalue weighted by molar-refractivity contribution is -0.127. The lowest BCUT2D eigenvalue weighted by Gasteiger charge is -2.13. The fourth-order valence-corrected chi connectivity index (χ4v) is 2.19. The van der Waals surface area contributed by atoms with Gasteiger partial charge in [0.15, 0.2) is 5.78 Å². The van der Waals surface area contributed by atoms with Crippen LogP contribution in [0.3, 0.4) is 0 Å². The van der Waals surface area contributed by atoms with Crippen LogP contribution in [-0.2, 0) is 16.0 Å². The van der Waals surface area contributed by atoms with Gasteiger partial charge in [0.25, 0.3) is 0 Å². The molecule has 2 aromatic rings. The maximum atomic E-state index is 12.3. The fraction of sp³-hybridized carbons (Fsp3) is 0.176. The minimum Gasteiger partial charge on any atom is -0.299 e. The number of Topliss-reactive ketones (excluding diaryl/α,β-unsaturated/α-hetero) is 2. The second-order valence-electron chi connectivity index (χ2n) is 4.58. The molecule has 2 nitrogen and oxygen atoms in total. The van der Waals surface area contributed by atoms with Gasteiger partial charge in [0.05, 0.1) is 0 Å². The molecule has 0 aliphatic carbocycles. The molecule has 0 bridgehead atoms. The van der Waals surface area contributed by atoms with Crippen molar-refractivity contribution in [1.82, 2.24) is 0 Å². The van der Waals surface area contributed by atoms with Gasteiger partial charge in [-0.25, -0.2) is 0 Å². The Hall–Kier alpha value is -2.22. The first-order chi connectivity index (χ1) is 9.18. The van der Waals surface area contributed by atoms with Crippen molar-refractivity contribution in [3.63, 3.8) is 0 Å². The molecule has 1 atom stereocenters. The highest BCUT2D eigenvalue weighted by Gasteiger charge is 2.24. The summed E-state index contributed by atoms with van der Waals surface area (Å²) in [6.45, 7) is 1.47. The number of carbonyl (C=O) groups is 2. The Morgan fingerprint density at radius 3 is 1.95 bits per heavy atom. The Morgan fingerprint density at radius 2 is 1.42 bits per heavy atom. The number of benzene rings is 2. The number of hydrogen-bond donors (Lipinski definition) is 0. The summed E-state index contributed by atoms with van der Waals surface area (Å²) in [7, 11) is 0. The minimum atomic E-state index is -0.651. The molecule has 0 heterocycles. The van der Waals surface area contributed by atoms with Crippen molar-refractivity contribution in [2.75, 3.05) is 0 Å². The maximum absolute atomic E-state index is 12.3. The fourth-order valence-electron chi connectivity index (χ4n) is 2.19. The average molecular weight is 252 g/mol. The molecule has 2 aromatic carbocycles. The van der Waals surface area contributed by atoms with E-state index in [1.165, 1.54) is 6.92 Å². The number of carbonyl (C=O) groups excluding carboxylic acids is 2. The lowest BCUT2D eigenvalue weighted by Crippen LogP contribution is -2.21. The molecule has 0 N–H and O–H groups in total. The van der Waals surface area contributed by atoms with Gasteiger partial charge >= 0.3 is 0 Å². The normalized spacial score (nSPS) is 11.8. The molecule has 0 spiro atoms. The van der Waals surface area contributed by atoms with E-state index < -0.39 is 5.92 Å². The smallest absolute Gasteiger partial charge is 0.152 e. The van der Waals surface area contributed by atoms with Crippen LogP contribution in [0.5, 0.6) is 0 Å². The number of hydrogen-bond acceptors (Lipinski definition) is 2. The van der Waals surface area contributed by atoms with Crippen LogP contribution in [0.2, 0.25) is 0 Å². The van der Waals surface area contributed by atoms with Gasteiger partial charge < -0.3 is 0 Å². The summed E-state index contributed by atoms with van der Waals surface area (Å²) in [4.78, 5) is 24.1. The maximum Gasteiger partial charge on any atom is 0.152 e. The van der Waals surface area contributed by atoms with E-state index >= 15 is 0 Å². The third kappa shape index (κ3) is 3.38. The summed E-state index contributed by atoms with van der Waals surface area (Å²) in [6, 6.07) is 18.7. The van der Waals surface area contributed by atoms with Crippen LogP contribution in [0.25, 0.3) is 0 Å². The van der Waals surface area contributed by atoms with Crippen molar-refractivity contribution in [3.05, 3.63) is 71.8 Å². The molecule has 0 aliphatic rings. The highest BCUT2D eigenvalue weighted by atomic mass is 16.1. The second kappa shape index (κ2) is 6.10. The summed E-state index contributed by atoms with van der Waals surface area (Å²) in [5, 5.41) is 0. The van der Waals surface area contributed by atoms with Crippen LogP contribution in [-0.4, -0.2) is 11.6 Å². The predicted octanol–water partition coefficient (Wildman–Crippen LogP) is 3.17. The van der Waals surface area contributed by atoms with Crippen molar-refractivity contribution >= 4 is 11.6 Å². The molecule has 0 aromatic heterocycles. The van der Waals surface area contributed by atoms with Gasteiger partial charge in [-0.3, -0.25) is 9.59 Å². The topological polar surface area (TPSA) is 34.1 Å². The van der Waals surface area contributed by atoms with Gasteiger partial charge in [0, 0.05) is 6.42 Å². The first-order valence-corrected chi connectivity index (χ1v) is 6.30. The van der Waals surface area contributed by atoms with E-state index in [0.717, 1.165) is 11.1 Å². The summed E-state index contributed by atoms with van der Waals surface area (Å²) >= 11 is 0. The van der Waals surface area contributed by atoms with Crippen molar-refractivity contribution in [2.24, 2.45) is 0 Å². The van der Waals surface area contributed by atoms with Crippen LogP contribution < -0.4 is 0 Å². The SMILES string of the molecule is CC(=O)C(C(=O)Cc1ccccc1)c1ccccc1. The van der Waals surface area contributed by atoms with Gasteiger partial charge in [-0.05, 0) is 18.1 Å². The van der Waals surface area contributed by atoms with Crippen LogP contribution >= 0.6 is 0 Å². The zero-order valence-electron chi connectivity index (χ0n) is 10.9. The van der Waals surface area contributed by atoms with E-state index in [1.807, 2.05) is 60.7 Å². The second-order valence-corrected chi connectivity index (χ2v) is 4.58. The minimum absolute atomic E-state index is 0.0510. The van der Waals surface area contributed by atoms with E-state index in [2.05, 4.69) is 0 Å². The van der Waals surface area contributed by atoms with Gasteiger partial charge in [-0.15, -0.1) is 0 Å². The van der Waals surface area contributed by atoms with Crippen LogP contribution in [0.1, 0.15) is 24.0 Å². The van der Waals surface area contributed by atoms with Gasteiger partial charge in [-0.2, -0.15) is 0 Å². The quantitative estimate of drug-likeness (QED) is 0.766. The van der Waals surface area contributed by atoms with Gasteiger partial charge in [0.1, 0.15) is 11.7 Å². The molecular weight excluding hydrogens is 236 g/mol. The Balaban J connectivity index is 2.21. The molecule has 19 heavy (non-hydrogen) atoms. The third-order valence-electron chi connectivity index (χ3n) is 3.08. The summed E-state index contributed by atoms with van der Waals surface area (Å²) in [5.41, 5.74) is 1.71. The Morgan fingerprint density at radius 1 is 0.895 bits per heavy atom. The van der Waals surface area contributed by atoms with E-state index in [0.29, 0.717) is 6.42 Å². The zero-order valence-corrected chi connectivity index (χ0v) is 10.9. The van der Waals surface area contributed by atoms with Crippen LogP contribution in [0, 0.1) is 0 Å².